The van der Waals surface area contributed by atoms with Crippen molar-refractivity contribution in [2.24, 2.45) is 7.05 Å². The molecule has 4 heteroatoms. The molecule has 1 aromatic heterocycles. The third-order valence-electron chi connectivity index (χ3n) is 3.78. The molecule has 4 nitrogen and oxygen atoms in total. The van der Waals surface area contributed by atoms with E-state index in [-0.39, 0.29) is 5.91 Å². The summed E-state index contributed by atoms with van der Waals surface area (Å²) in [6.45, 7) is 0. The van der Waals surface area contributed by atoms with Crippen LogP contribution in [0.5, 0.6) is 5.75 Å². The van der Waals surface area contributed by atoms with Crippen molar-refractivity contribution in [1.82, 2.24) is 4.57 Å². The van der Waals surface area contributed by atoms with Crippen LogP contribution >= 0.6 is 0 Å². The van der Waals surface area contributed by atoms with Gasteiger partial charge in [0.05, 0.1) is 12.8 Å². The summed E-state index contributed by atoms with van der Waals surface area (Å²) in [6, 6.07) is 21.1. The zero-order valence-corrected chi connectivity index (χ0v) is 13.1. The van der Waals surface area contributed by atoms with Crippen molar-refractivity contribution in [3.05, 3.63) is 72.4 Å². The number of aromatic nitrogens is 1. The van der Waals surface area contributed by atoms with Crippen LogP contribution < -0.4 is 10.1 Å². The second kappa shape index (κ2) is 6.40. The Labute approximate surface area is 135 Å². The van der Waals surface area contributed by atoms with Crippen LogP contribution in [0.4, 0.5) is 5.69 Å². The highest BCUT2D eigenvalue weighted by Crippen LogP contribution is 2.25. The molecule has 0 unspecified atom stereocenters. The van der Waals surface area contributed by atoms with Crippen LogP contribution in [0, 0.1) is 0 Å². The second-order valence-electron chi connectivity index (χ2n) is 5.18. The number of methoxy groups -OCH3 is 1. The average molecular weight is 306 g/mol. The number of anilines is 1. The van der Waals surface area contributed by atoms with Crippen LogP contribution in [0.15, 0.2) is 66.7 Å². The largest absolute Gasteiger partial charge is 0.495 e. The van der Waals surface area contributed by atoms with Gasteiger partial charge in [-0.2, -0.15) is 0 Å². The minimum Gasteiger partial charge on any atom is -0.495 e. The molecule has 116 valence electrons. The van der Waals surface area contributed by atoms with Crippen LogP contribution in [0.1, 0.15) is 10.5 Å². The van der Waals surface area contributed by atoms with Crippen LogP contribution in [0.25, 0.3) is 11.3 Å². The number of carbonyl (C=O) groups excluding carboxylic acids is 1. The highest BCUT2D eigenvalue weighted by atomic mass is 16.5. The molecule has 1 N–H and O–H groups in total. The lowest BCUT2D eigenvalue weighted by Gasteiger charge is -2.11. The molecule has 3 aromatic rings. The number of nitrogens with one attached hydrogen (secondary N) is 1. The molecular formula is C19H18N2O2. The Morgan fingerprint density at radius 1 is 0.957 bits per heavy atom. The summed E-state index contributed by atoms with van der Waals surface area (Å²) >= 11 is 0. The van der Waals surface area contributed by atoms with Gasteiger partial charge < -0.3 is 14.6 Å². The van der Waals surface area contributed by atoms with Crippen LogP contribution in [0.2, 0.25) is 0 Å². The Morgan fingerprint density at radius 2 is 1.65 bits per heavy atom. The molecule has 0 fully saturated rings. The predicted molar refractivity (Wildman–Crippen MR) is 91.8 cm³/mol. The Hall–Kier alpha value is -3.01. The monoisotopic (exact) mass is 306 g/mol. The molecule has 0 atom stereocenters. The van der Waals surface area contributed by atoms with Gasteiger partial charge in [0.1, 0.15) is 11.4 Å². The molecule has 0 aliphatic carbocycles. The normalized spacial score (nSPS) is 10.3. The molecule has 0 bridgehead atoms. The molecule has 2 aromatic carbocycles. The second-order valence-corrected chi connectivity index (χ2v) is 5.18. The Kier molecular flexibility index (Phi) is 4.15. The van der Waals surface area contributed by atoms with Crippen molar-refractivity contribution < 1.29 is 9.53 Å². The van der Waals surface area contributed by atoms with Gasteiger partial charge in [-0.1, -0.05) is 42.5 Å². The summed E-state index contributed by atoms with van der Waals surface area (Å²) in [5.74, 6) is 0.470. The van der Waals surface area contributed by atoms with Crippen LogP contribution in [-0.2, 0) is 7.05 Å². The van der Waals surface area contributed by atoms with Crippen molar-refractivity contribution in [3.63, 3.8) is 0 Å². The number of rotatable bonds is 4. The number of ether oxygens (including phenoxy) is 1. The fourth-order valence-electron chi connectivity index (χ4n) is 2.57. The van der Waals surface area contributed by atoms with Crippen LogP contribution in [0.3, 0.4) is 0 Å². The molecule has 1 heterocycles. The van der Waals surface area contributed by atoms with Crippen molar-refractivity contribution in [2.45, 2.75) is 0 Å². The standard InChI is InChI=1S/C19H18N2O2/c1-21-16(14-8-4-3-5-9-14)12-13-17(21)19(22)20-15-10-6-7-11-18(15)23-2/h3-13H,1-2H3,(H,20,22). The van der Waals surface area contributed by atoms with E-state index in [0.29, 0.717) is 17.1 Å². The summed E-state index contributed by atoms with van der Waals surface area (Å²) < 4.78 is 7.15. The highest BCUT2D eigenvalue weighted by molar-refractivity contribution is 6.04. The molecule has 0 aliphatic rings. The lowest BCUT2D eigenvalue weighted by molar-refractivity contribution is 0.101. The Bertz CT molecular complexity index is 822. The summed E-state index contributed by atoms with van der Waals surface area (Å²) in [6.07, 6.45) is 0. The summed E-state index contributed by atoms with van der Waals surface area (Å²) in [4.78, 5) is 12.6. The molecular weight excluding hydrogens is 288 g/mol. The van der Waals surface area contributed by atoms with Gasteiger partial charge in [-0.3, -0.25) is 4.79 Å². The zero-order valence-electron chi connectivity index (χ0n) is 13.1. The Balaban J connectivity index is 1.88. The molecule has 0 spiro atoms. The predicted octanol–water partition coefficient (Wildman–Crippen LogP) is 3.95. The Morgan fingerprint density at radius 3 is 2.39 bits per heavy atom. The van der Waals surface area contributed by atoms with E-state index < -0.39 is 0 Å². The van der Waals surface area contributed by atoms with E-state index in [1.165, 1.54) is 0 Å². The van der Waals surface area contributed by atoms with Crippen molar-refractivity contribution in [3.8, 4) is 17.0 Å². The van der Waals surface area contributed by atoms with Gasteiger partial charge in [0.2, 0.25) is 0 Å². The van der Waals surface area contributed by atoms with Gasteiger partial charge in [-0.15, -0.1) is 0 Å². The smallest absolute Gasteiger partial charge is 0.272 e. The van der Waals surface area contributed by atoms with Crippen LogP contribution in [-0.4, -0.2) is 17.6 Å². The van der Waals surface area contributed by atoms with E-state index in [1.54, 1.807) is 7.11 Å². The summed E-state index contributed by atoms with van der Waals surface area (Å²) in [7, 11) is 3.47. The number of hydrogen-bond donors (Lipinski definition) is 1. The fraction of sp³-hybridized carbons (Fsp3) is 0.105. The van der Waals surface area contributed by atoms with E-state index in [1.807, 2.05) is 78.3 Å². The van der Waals surface area contributed by atoms with E-state index in [4.69, 9.17) is 4.74 Å². The maximum atomic E-state index is 12.6. The fourth-order valence-corrected chi connectivity index (χ4v) is 2.57. The molecule has 0 radical (unpaired) electrons. The molecule has 23 heavy (non-hydrogen) atoms. The maximum absolute atomic E-state index is 12.6. The minimum atomic E-state index is -0.167. The molecule has 3 rings (SSSR count). The number of carbonyl (C=O) groups is 1. The molecule has 0 saturated carbocycles. The first kappa shape index (κ1) is 14.9. The van der Waals surface area contributed by atoms with Gasteiger partial charge in [0, 0.05) is 12.7 Å². The van der Waals surface area contributed by atoms with Crippen molar-refractivity contribution >= 4 is 11.6 Å². The lowest BCUT2D eigenvalue weighted by atomic mass is 10.2. The molecule has 1 amide bonds. The number of amides is 1. The van der Waals surface area contributed by atoms with Gasteiger partial charge in [-0.25, -0.2) is 0 Å². The SMILES string of the molecule is COc1ccccc1NC(=O)c1ccc(-c2ccccc2)n1C. The van der Waals surface area contributed by atoms with E-state index in [9.17, 15) is 4.79 Å². The maximum Gasteiger partial charge on any atom is 0.272 e. The van der Waals surface area contributed by atoms with E-state index >= 15 is 0 Å². The average Bonchev–Trinajstić information content (AvgIpc) is 2.98. The van der Waals surface area contributed by atoms with E-state index in [2.05, 4.69) is 5.32 Å². The highest BCUT2D eigenvalue weighted by Gasteiger charge is 2.15. The first-order chi connectivity index (χ1) is 11.2. The zero-order chi connectivity index (χ0) is 16.2. The summed E-state index contributed by atoms with van der Waals surface area (Å²) in [5, 5.41) is 2.90. The summed E-state index contributed by atoms with van der Waals surface area (Å²) in [5.41, 5.74) is 3.32. The van der Waals surface area contributed by atoms with Gasteiger partial charge in [-0.05, 0) is 29.8 Å². The third-order valence-corrected chi connectivity index (χ3v) is 3.78. The lowest BCUT2D eigenvalue weighted by Crippen LogP contribution is -2.16. The molecule has 0 saturated heterocycles. The topological polar surface area (TPSA) is 43.3 Å². The number of hydrogen-bond acceptors (Lipinski definition) is 2. The van der Waals surface area contributed by atoms with Crippen molar-refractivity contribution in [1.29, 1.82) is 0 Å². The minimum absolute atomic E-state index is 0.167. The van der Waals surface area contributed by atoms with Gasteiger partial charge in [0.25, 0.3) is 5.91 Å². The van der Waals surface area contributed by atoms with Crippen molar-refractivity contribution in [2.75, 3.05) is 12.4 Å². The first-order valence-corrected chi connectivity index (χ1v) is 7.36. The molecule has 0 aliphatic heterocycles. The van der Waals surface area contributed by atoms with Gasteiger partial charge >= 0.3 is 0 Å². The van der Waals surface area contributed by atoms with Gasteiger partial charge in [0.15, 0.2) is 0 Å². The quantitative estimate of drug-likeness (QED) is 0.793. The first-order valence-electron chi connectivity index (χ1n) is 7.36. The number of para-hydroxylation sites is 2. The van der Waals surface area contributed by atoms with E-state index in [0.717, 1.165) is 11.3 Å². The number of benzene rings is 2. The third kappa shape index (κ3) is 2.97. The number of nitrogens with zero attached hydrogens (tertiary/aromatic N) is 1.